The summed E-state index contributed by atoms with van der Waals surface area (Å²) in [5, 5.41) is 2.57. The number of nitrogens with zero attached hydrogens (tertiary/aromatic N) is 4. The molecule has 69 heavy (non-hydrogen) atoms. The predicted octanol–water partition coefficient (Wildman–Crippen LogP) is 15.3. The van der Waals surface area contributed by atoms with Crippen molar-refractivity contribution >= 4 is 96.1 Å². The van der Waals surface area contributed by atoms with Gasteiger partial charge in [-0.1, -0.05) is 146 Å². The van der Waals surface area contributed by atoms with E-state index in [1.165, 1.54) is 107 Å². The highest BCUT2D eigenvalue weighted by molar-refractivity contribution is 7.00. The summed E-state index contributed by atoms with van der Waals surface area (Å²) in [4.78, 5) is 7.83. The van der Waals surface area contributed by atoms with Gasteiger partial charge < -0.3 is 19.3 Å². The average molecular weight is 895 g/mol. The smallest absolute Gasteiger partial charge is 0.252 e. The van der Waals surface area contributed by atoms with Gasteiger partial charge in [0.2, 0.25) is 0 Å². The van der Waals surface area contributed by atoms with Crippen LogP contribution in [0.5, 0.6) is 0 Å². The molecule has 2 aliphatic carbocycles. The average Bonchev–Trinajstić information content (AvgIpc) is 3.69. The second kappa shape index (κ2) is 13.8. The molecule has 9 aromatic rings. The van der Waals surface area contributed by atoms with Crippen molar-refractivity contribution in [3.8, 4) is 5.69 Å². The van der Waals surface area contributed by atoms with Crippen molar-refractivity contribution in [2.75, 3.05) is 14.7 Å². The Balaban J connectivity index is 1.16. The van der Waals surface area contributed by atoms with Crippen LogP contribution < -0.4 is 31.1 Å². The molecule has 0 atom stereocenters. The van der Waals surface area contributed by atoms with E-state index in [0.717, 1.165) is 36.3 Å². The summed E-state index contributed by atoms with van der Waals surface area (Å²) in [5.74, 6) is 0. The second-order valence-electron chi connectivity index (χ2n) is 23.5. The van der Waals surface area contributed by atoms with Gasteiger partial charge in [0.05, 0.1) is 33.8 Å². The third kappa shape index (κ3) is 5.59. The molecule has 338 valence electrons. The molecular formula is C64H59BN4. The van der Waals surface area contributed by atoms with Crippen molar-refractivity contribution < 1.29 is 0 Å². The second-order valence-corrected chi connectivity index (χ2v) is 23.5. The summed E-state index contributed by atoms with van der Waals surface area (Å²) in [5.41, 5.74) is 24.9. The lowest BCUT2D eigenvalue weighted by Gasteiger charge is -2.49. The molecule has 4 heterocycles. The van der Waals surface area contributed by atoms with Crippen LogP contribution >= 0.6 is 0 Å². The molecule has 0 saturated heterocycles. The molecule has 8 aromatic carbocycles. The summed E-state index contributed by atoms with van der Waals surface area (Å²) < 4.78 is 2.57. The third-order valence-electron chi connectivity index (χ3n) is 17.6. The largest absolute Gasteiger partial charge is 0.311 e. The summed E-state index contributed by atoms with van der Waals surface area (Å²) in [6.45, 7) is 19.8. The molecule has 0 N–H and O–H groups in total. The molecule has 0 amide bonds. The Labute approximate surface area is 407 Å². The minimum Gasteiger partial charge on any atom is -0.311 e. The predicted molar refractivity (Wildman–Crippen MR) is 294 cm³/mol. The number of hydrogen-bond acceptors (Lipinski definition) is 3. The first kappa shape index (κ1) is 41.0. The van der Waals surface area contributed by atoms with Gasteiger partial charge in [0, 0.05) is 44.9 Å². The quantitative estimate of drug-likeness (QED) is 0.164. The maximum Gasteiger partial charge on any atom is 0.252 e. The minimum atomic E-state index is -0.00915. The van der Waals surface area contributed by atoms with Gasteiger partial charge in [-0.25, -0.2) is 0 Å². The van der Waals surface area contributed by atoms with Gasteiger partial charge in [0.25, 0.3) is 6.71 Å². The van der Waals surface area contributed by atoms with E-state index in [-0.39, 0.29) is 28.4 Å². The van der Waals surface area contributed by atoms with Crippen LogP contribution in [0.25, 0.3) is 27.5 Å². The van der Waals surface area contributed by atoms with Crippen molar-refractivity contribution in [1.29, 1.82) is 0 Å². The summed E-state index contributed by atoms with van der Waals surface area (Å²) in [6.07, 6.45) is 4.67. The van der Waals surface area contributed by atoms with Crippen molar-refractivity contribution in [2.24, 2.45) is 0 Å². The van der Waals surface area contributed by atoms with Gasteiger partial charge in [0.1, 0.15) is 0 Å². The zero-order valence-corrected chi connectivity index (χ0v) is 41.3. The maximum atomic E-state index is 2.70. The van der Waals surface area contributed by atoms with E-state index in [1.54, 1.807) is 0 Å². The van der Waals surface area contributed by atoms with Crippen molar-refractivity contribution in [3.63, 3.8) is 0 Å². The SMILES string of the molecule is CC1(C)CCC(C)(C)c2cc(N3c4cc5c(cc4B4c6cccc7c6N(c6cc(N(c8ccccc8)c8ccccc8)cc3c64)c3cccc4c6ccccc6n-7c34)C(C)(C)CCC5(C)C)ccc21. The summed E-state index contributed by atoms with van der Waals surface area (Å²) in [7, 11) is 0. The molecule has 0 fully saturated rings. The molecule has 1 aromatic heterocycles. The highest BCUT2D eigenvalue weighted by atomic mass is 15.2. The van der Waals surface area contributed by atoms with Crippen molar-refractivity contribution in [3.05, 3.63) is 186 Å². The van der Waals surface area contributed by atoms with Crippen LogP contribution in [0.15, 0.2) is 164 Å². The molecule has 0 spiro atoms. The lowest BCUT2D eigenvalue weighted by atomic mass is 9.33. The number of rotatable bonds is 4. The Bertz CT molecular complexity index is 3610. The zero-order chi connectivity index (χ0) is 46.9. The van der Waals surface area contributed by atoms with E-state index in [4.69, 9.17) is 0 Å². The molecule has 0 bridgehead atoms. The first-order valence-corrected chi connectivity index (χ1v) is 25.4. The highest BCUT2D eigenvalue weighted by Gasteiger charge is 2.49. The van der Waals surface area contributed by atoms with Crippen LogP contribution in [0.3, 0.4) is 0 Å². The monoisotopic (exact) mass is 894 g/mol. The van der Waals surface area contributed by atoms with Crippen molar-refractivity contribution in [2.45, 2.75) is 103 Å². The van der Waals surface area contributed by atoms with Crippen LogP contribution in [0.1, 0.15) is 103 Å². The maximum absolute atomic E-state index is 2.70. The molecule has 0 saturated carbocycles. The van der Waals surface area contributed by atoms with Gasteiger partial charge in [-0.2, -0.15) is 0 Å². The Morgan fingerprint density at radius 2 is 0.957 bits per heavy atom. The van der Waals surface area contributed by atoms with Gasteiger partial charge in [-0.3, -0.25) is 0 Å². The normalized spacial score (nSPS) is 18.0. The molecular weight excluding hydrogens is 836 g/mol. The fourth-order valence-corrected chi connectivity index (χ4v) is 13.7. The Morgan fingerprint density at radius 3 is 1.64 bits per heavy atom. The highest BCUT2D eigenvalue weighted by Crippen LogP contribution is 2.56. The molecule has 5 heteroatoms. The van der Waals surface area contributed by atoms with E-state index in [1.807, 2.05) is 0 Å². The number of fused-ring (bicyclic) bond motifs is 11. The molecule has 0 radical (unpaired) electrons. The topological polar surface area (TPSA) is 14.7 Å². The molecule has 4 nitrogen and oxygen atoms in total. The molecule has 14 rings (SSSR count). The Kier molecular flexibility index (Phi) is 8.23. The fourth-order valence-electron chi connectivity index (χ4n) is 13.7. The third-order valence-corrected chi connectivity index (χ3v) is 17.6. The first-order valence-electron chi connectivity index (χ1n) is 25.4. The number of anilines is 9. The van der Waals surface area contributed by atoms with Crippen LogP contribution in [-0.2, 0) is 21.7 Å². The summed E-state index contributed by atoms with van der Waals surface area (Å²) >= 11 is 0. The Hall–Kier alpha value is -6.98. The van der Waals surface area contributed by atoms with E-state index < -0.39 is 0 Å². The fraction of sp³-hybridized carbons (Fsp3) is 0.250. The van der Waals surface area contributed by atoms with Gasteiger partial charge in [-0.15, -0.1) is 0 Å². The number of benzene rings is 8. The van der Waals surface area contributed by atoms with Crippen LogP contribution in [0, 0.1) is 0 Å². The van der Waals surface area contributed by atoms with Crippen LogP contribution in [0.4, 0.5) is 51.2 Å². The van der Waals surface area contributed by atoms with Crippen LogP contribution in [-0.4, -0.2) is 11.3 Å². The first-order chi connectivity index (χ1) is 33.2. The van der Waals surface area contributed by atoms with Gasteiger partial charge in [0.15, 0.2) is 0 Å². The van der Waals surface area contributed by atoms with Gasteiger partial charge >= 0.3 is 0 Å². The van der Waals surface area contributed by atoms with E-state index >= 15 is 0 Å². The molecule has 3 aliphatic heterocycles. The van der Waals surface area contributed by atoms with E-state index in [2.05, 4.69) is 238 Å². The molecule has 5 aliphatic rings. The van der Waals surface area contributed by atoms with Crippen molar-refractivity contribution in [1.82, 2.24) is 4.57 Å². The number of aromatic nitrogens is 1. The zero-order valence-electron chi connectivity index (χ0n) is 41.3. The van der Waals surface area contributed by atoms with E-state index in [0.29, 0.717) is 0 Å². The standard InChI is InChI=1S/C64H59BN4/c1-61(2)31-32-62(3,4)47-35-42(29-30-46(47)61)67-55-39-49-48(63(5,6)33-34-64(49,7)8)38-51(55)65-50-25-18-28-54-60(50)69(53-27-17-24-45-44-23-15-16-26-52(44)68(54)59(45)53)57-37-43(36-56(67)58(57)65)66(40-19-11-9-12-20-40)41-21-13-10-14-22-41/h9-30,35-39H,31-34H2,1-8H3. The van der Waals surface area contributed by atoms with Crippen LogP contribution in [0.2, 0.25) is 0 Å². The van der Waals surface area contributed by atoms with Gasteiger partial charge in [-0.05, 0) is 159 Å². The van der Waals surface area contributed by atoms with E-state index in [9.17, 15) is 0 Å². The molecule has 0 unspecified atom stereocenters. The number of para-hydroxylation sites is 5. The minimum absolute atomic E-state index is 0.00915. The Morgan fingerprint density at radius 1 is 0.406 bits per heavy atom. The number of hydrogen-bond donors (Lipinski definition) is 0. The summed E-state index contributed by atoms with van der Waals surface area (Å²) in [6, 6.07) is 63.0. The lowest BCUT2D eigenvalue weighted by molar-refractivity contribution is 0.332. The lowest BCUT2D eigenvalue weighted by Crippen LogP contribution is -2.62.